The fourth-order valence-corrected chi connectivity index (χ4v) is 3.64. The van der Waals surface area contributed by atoms with E-state index in [1.165, 1.54) is 4.88 Å². The predicted octanol–water partition coefficient (Wildman–Crippen LogP) is 4.03. The van der Waals surface area contributed by atoms with Crippen molar-refractivity contribution in [1.29, 1.82) is 0 Å². The lowest BCUT2D eigenvalue weighted by Gasteiger charge is -2.06. The Kier molecular flexibility index (Phi) is 6.93. The van der Waals surface area contributed by atoms with Gasteiger partial charge in [0, 0.05) is 30.5 Å². The van der Waals surface area contributed by atoms with Gasteiger partial charge < -0.3 is 10.1 Å². The molecule has 1 N–H and O–H groups in total. The van der Waals surface area contributed by atoms with Gasteiger partial charge in [-0.15, -0.1) is 11.3 Å². The summed E-state index contributed by atoms with van der Waals surface area (Å²) in [4.78, 5) is 22.1. The average Bonchev–Trinajstić information content (AvgIpc) is 3.07. The number of benzene rings is 1. The van der Waals surface area contributed by atoms with E-state index in [9.17, 15) is 4.79 Å². The van der Waals surface area contributed by atoms with Gasteiger partial charge in [0.15, 0.2) is 0 Å². The molecule has 140 valence electrons. The van der Waals surface area contributed by atoms with Crippen molar-refractivity contribution >= 4 is 17.2 Å². The molecule has 0 aliphatic carbocycles. The number of nitrogens with one attached hydrogen (secondary N) is 1. The molecule has 0 atom stereocenters. The van der Waals surface area contributed by atoms with Gasteiger partial charge in [-0.1, -0.05) is 24.3 Å². The molecule has 0 saturated heterocycles. The molecule has 2 heterocycles. The molecule has 1 amide bonds. The molecule has 2 aromatic heterocycles. The van der Waals surface area contributed by atoms with E-state index in [1.807, 2.05) is 55.5 Å². The number of nitrogens with zero attached hydrogens (tertiary/aromatic N) is 2. The number of aryl methyl sites for hydroxylation is 1. The molecule has 0 fully saturated rings. The third-order valence-corrected chi connectivity index (χ3v) is 5.25. The Bertz CT molecular complexity index is 850. The highest BCUT2D eigenvalue weighted by atomic mass is 32.1. The number of carbonyl (C=O) groups excluding carboxylic acids is 1. The third kappa shape index (κ3) is 5.89. The summed E-state index contributed by atoms with van der Waals surface area (Å²) in [7, 11) is 0. The molecule has 0 radical (unpaired) electrons. The summed E-state index contributed by atoms with van der Waals surface area (Å²) in [5.41, 5.74) is 1.89. The third-order valence-electron chi connectivity index (χ3n) is 4.01. The Balaban J connectivity index is 1.37. The molecular formula is C21H23N3O2S. The molecule has 0 bridgehead atoms. The molecule has 1 aromatic carbocycles. The van der Waals surface area contributed by atoms with Crippen LogP contribution in [0.1, 0.15) is 23.4 Å². The van der Waals surface area contributed by atoms with Crippen LogP contribution < -0.4 is 10.1 Å². The smallest absolute Gasteiger partial charge is 0.220 e. The van der Waals surface area contributed by atoms with Crippen LogP contribution in [-0.2, 0) is 11.2 Å². The van der Waals surface area contributed by atoms with Crippen molar-refractivity contribution in [2.24, 2.45) is 0 Å². The number of hydrogen-bond donors (Lipinski definition) is 1. The van der Waals surface area contributed by atoms with Gasteiger partial charge in [-0.05, 0) is 37.6 Å². The van der Waals surface area contributed by atoms with Crippen LogP contribution in [0.4, 0.5) is 0 Å². The number of aromatic nitrogens is 2. The van der Waals surface area contributed by atoms with Gasteiger partial charge in [0.1, 0.15) is 10.8 Å². The quantitative estimate of drug-likeness (QED) is 0.568. The van der Waals surface area contributed by atoms with Crippen LogP contribution >= 0.6 is 11.3 Å². The minimum absolute atomic E-state index is 0.0544. The van der Waals surface area contributed by atoms with Crippen LogP contribution in [0.2, 0.25) is 0 Å². The number of thiazole rings is 1. The molecule has 0 unspecified atom stereocenters. The maximum absolute atomic E-state index is 12.0. The van der Waals surface area contributed by atoms with Crippen LogP contribution in [0.3, 0.4) is 0 Å². The molecular weight excluding hydrogens is 358 g/mol. The Morgan fingerprint density at radius 2 is 1.96 bits per heavy atom. The summed E-state index contributed by atoms with van der Waals surface area (Å²) in [6.45, 7) is 3.16. The van der Waals surface area contributed by atoms with Gasteiger partial charge in [0.2, 0.25) is 5.91 Å². The van der Waals surface area contributed by atoms with Crippen LogP contribution in [0.25, 0.3) is 10.7 Å². The first-order valence-electron chi connectivity index (χ1n) is 9.04. The second-order valence-corrected chi connectivity index (χ2v) is 7.19. The van der Waals surface area contributed by atoms with Crippen molar-refractivity contribution in [2.75, 3.05) is 13.2 Å². The zero-order chi connectivity index (χ0) is 18.9. The fraction of sp³-hybridized carbons (Fsp3) is 0.286. The Hall–Kier alpha value is -2.73. The standard InChI is InChI=1S/C21H23N3O2S/c1-16-19(27-21(24-16)18-10-5-6-13-22-18)12-14-23-20(25)11-7-15-26-17-8-3-2-4-9-17/h2-6,8-10,13H,7,11-12,14-15H2,1H3,(H,23,25). The van der Waals surface area contributed by atoms with E-state index in [2.05, 4.69) is 15.3 Å². The number of ether oxygens (including phenoxy) is 1. The molecule has 5 nitrogen and oxygen atoms in total. The van der Waals surface area contributed by atoms with Gasteiger partial charge in [-0.2, -0.15) is 0 Å². The van der Waals surface area contributed by atoms with Crippen molar-refractivity contribution < 1.29 is 9.53 Å². The van der Waals surface area contributed by atoms with Crippen molar-refractivity contribution in [3.05, 3.63) is 65.3 Å². The summed E-state index contributed by atoms with van der Waals surface area (Å²) < 4.78 is 5.60. The second-order valence-electron chi connectivity index (χ2n) is 6.11. The van der Waals surface area contributed by atoms with Crippen LogP contribution in [-0.4, -0.2) is 29.0 Å². The summed E-state index contributed by atoms with van der Waals surface area (Å²) in [6, 6.07) is 15.5. The van der Waals surface area contributed by atoms with E-state index in [1.54, 1.807) is 17.5 Å². The first-order valence-corrected chi connectivity index (χ1v) is 9.86. The first-order chi connectivity index (χ1) is 13.2. The summed E-state index contributed by atoms with van der Waals surface area (Å²) in [5.74, 6) is 0.890. The fourth-order valence-electron chi connectivity index (χ4n) is 2.60. The maximum atomic E-state index is 12.0. The molecule has 0 spiro atoms. The maximum Gasteiger partial charge on any atom is 0.220 e. The van der Waals surface area contributed by atoms with Crippen LogP contribution in [0.5, 0.6) is 5.75 Å². The van der Waals surface area contributed by atoms with Crippen molar-refractivity contribution in [3.8, 4) is 16.5 Å². The topological polar surface area (TPSA) is 64.1 Å². The van der Waals surface area contributed by atoms with Crippen LogP contribution in [0, 0.1) is 6.92 Å². The second kappa shape index (κ2) is 9.83. The first kappa shape index (κ1) is 19.0. The summed E-state index contributed by atoms with van der Waals surface area (Å²) in [5, 5.41) is 3.90. The zero-order valence-electron chi connectivity index (χ0n) is 15.4. The largest absolute Gasteiger partial charge is 0.494 e. The molecule has 0 saturated carbocycles. The molecule has 3 rings (SSSR count). The number of pyridine rings is 1. The zero-order valence-corrected chi connectivity index (χ0v) is 16.2. The highest BCUT2D eigenvalue weighted by Crippen LogP contribution is 2.26. The van der Waals surface area contributed by atoms with Gasteiger partial charge >= 0.3 is 0 Å². The Labute approximate surface area is 163 Å². The summed E-state index contributed by atoms with van der Waals surface area (Å²) >= 11 is 1.64. The SMILES string of the molecule is Cc1nc(-c2ccccn2)sc1CCNC(=O)CCCOc1ccccc1. The monoisotopic (exact) mass is 381 g/mol. The van der Waals surface area contributed by atoms with E-state index in [0.29, 0.717) is 26.0 Å². The number of hydrogen-bond acceptors (Lipinski definition) is 5. The molecule has 0 aliphatic heterocycles. The number of amides is 1. The number of carbonyl (C=O) groups is 1. The van der Waals surface area contributed by atoms with Crippen molar-refractivity contribution in [2.45, 2.75) is 26.2 Å². The van der Waals surface area contributed by atoms with Crippen LogP contribution in [0.15, 0.2) is 54.7 Å². The Morgan fingerprint density at radius 3 is 2.74 bits per heavy atom. The van der Waals surface area contributed by atoms with Gasteiger partial charge in [0.05, 0.1) is 18.0 Å². The normalized spacial score (nSPS) is 10.6. The van der Waals surface area contributed by atoms with E-state index < -0.39 is 0 Å². The minimum atomic E-state index is 0.0544. The minimum Gasteiger partial charge on any atom is -0.494 e. The lowest BCUT2D eigenvalue weighted by molar-refractivity contribution is -0.121. The van der Waals surface area contributed by atoms with E-state index in [4.69, 9.17) is 4.74 Å². The molecule has 27 heavy (non-hydrogen) atoms. The predicted molar refractivity (Wildman–Crippen MR) is 108 cm³/mol. The highest BCUT2D eigenvalue weighted by molar-refractivity contribution is 7.15. The summed E-state index contributed by atoms with van der Waals surface area (Å²) in [6.07, 6.45) is 3.72. The Morgan fingerprint density at radius 1 is 1.15 bits per heavy atom. The number of para-hydroxylation sites is 1. The molecule has 3 aromatic rings. The van der Waals surface area contributed by atoms with Crippen molar-refractivity contribution in [3.63, 3.8) is 0 Å². The highest BCUT2D eigenvalue weighted by Gasteiger charge is 2.10. The van der Waals surface area contributed by atoms with Crippen molar-refractivity contribution in [1.82, 2.24) is 15.3 Å². The average molecular weight is 382 g/mol. The number of rotatable bonds is 9. The van der Waals surface area contributed by atoms with Gasteiger partial charge in [-0.3, -0.25) is 9.78 Å². The van der Waals surface area contributed by atoms with E-state index in [0.717, 1.165) is 28.6 Å². The molecule has 0 aliphatic rings. The van der Waals surface area contributed by atoms with Gasteiger partial charge in [0.25, 0.3) is 0 Å². The molecule has 6 heteroatoms. The lowest BCUT2D eigenvalue weighted by atomic mass is 10.2. The lowest BCUT2D eigenvalue weighted by Crippen LogP contribution is -2.25. The van der Waals surface area contributed by atoms with E-state index in [-0.39, 0.29) is 5.91 Å². The van der Waals surface area contributed by atoms with E-state index >= 15 is 0 Å². The van der Waals surface area contributed by atoms with Gasteiger partial charge in [-0.25, -0.2) is 4.98 Å².